The van der Waals surface area contributed by atoms with Crippen molar-refractivity contribution in [3.05, 3.63) is 11.9 Å². The zero-order valence-electron chi connectivity index (χ0n) is 14.2. The Morgan fingerprint density at radius 3 is 2.54 bits per heavy atom. The lowest BCUT2D eigenvalue weighted by atomic mass is 9.77. The van der Waals surface area contributed by atoms with Crippen LogP contribution in [0.2, 0.25) is 0 Å². The van der Waals surface area contributed by atoms with E-state index < -0.39 is 11.8 Å². The van der Waals surface area contributed by atoms with E-state index >= 15 is 0 Å². The first-order chi connectivity index (χ1) is 11.2. The summed E-state index contributed by atoms with van der Waals surface area (Å²) in [7, 11) is 4.00. The summed E-state index contributed by atoms with van der Waals surface area (Å²) in [4.78, 5) is 10.9. The topological polar surface area (TPSA) is 42.3 Å². The molecular formula is C16H25F3N4O. The Hall–Kier alpha value is -1.44. The van der Waals surface area contributed by atoms with Crippen LogP contribution in [0.25, 0.3) is 0 Å². The van der Waals surface area contributed by atoms with Crippen molar-refractivity contribution in [2.45, 2.75) is 43.9 Å². The van der Waals surface area contributed by atoms with E-state index in [1.54, 1.807) is 0 Å². The predicted octanol–water partition coefficient (Wildman–Crippen LogP) is 2.21. The number of likely N-dealkylation sites (N-methyl/N-ethyl adjacent to an activating group) is 2. The van der Waals surface area contributed by atoms with Crippen molar-refractivity contribution in [2.75, 3.05) is 34.0 Å². The molecule has 1 saturated carbocycles. The molecule has 3 rings (SSSR count). The van der Waals surface area contributed by atoms with Gasteiger partial charge in [-0.3, -0.25) is 0 Å². The van der Waals surface area contributed by atoms with Crippen LogP contribution in [0.4, 0.5) is 13.2 Å². The van der Waals surface area contributed by atoms with Crippen LogP contribution in [0.1, 0.15) is 32.1 Å². The Morgan fingerprint density at radius 2 is 1.92 bits per heavy atom. The molecule has 8 heteroatoms. The molecule has 24 heavy (non-hydrogen) atoms. The Bertz CT molecular complexity index is 538. The Labute approximate surface area is 140 Å². The Balaban J connectivity index is 1.52. The molecule has 0 atom stereocenters. The van der Waals surface area contributed by atoms with Gasteiger partial charge in [0.2, 0.25) is 0 Å². The Kier molecular flexibility index (Phi) is 4.44. The summed E-state index contributed by atoms with van der Waals surface area (Å²) in [6, 6.07) is 0. The molecule has 0 spiro atoms. The first-order valence-corrected chi connectivity index (χ1v) is 8.42. The van der Waals surface area contributed by atoms with Gasteiger partial charge < -0.3 is 19.8 Å². The van der Waals surface area contributed by atoms with Crippen LogP contribution < -0.4 is 0 Å². The maximum absolute atomic E-state index is 12.8. The first-order valence-electron chi connectivity index (χ1n) is 8.42. The number of alkyl halides is 3. The van der Waals surface area contributed by atoms with E-state index in [2.05, 4.69) is 25.9 Å². The van der Waals surface area contributed by atoms with Crippen LogP contribution >= 0.6 is 0 Å². The zero-order valence-corrected chi connectivity index (χ0v) is 14.2. The molecule has 0 radical (unpaired) electrons. The fraction of sp³-hybridized carbons (Fsp3) is 0.812. The third-order valence-electron chi connectivity index (χ3n) is 5.42. The van der Waals surface area contributed by atoms with E-state index in [-0.39, 0.29) is 18.8 Å². The van der Waals surface area contributed by atoms with E-state index in [1.165, 1.54) is 0 Å². The van der Waals surface area contributed by atoms with E-state index in [0.717, 1.165) is 31.2 Å². The number of hydrogen-bond donors (Lipinski definition) is 1. The minimum Gasteiger partial charge on any atom is -0.380 e. The smallest absolute Gasteiger partial charge is 0.380 e. The summed E-state index contributed by atoms with van der Waals surface area (Å²) in [5.74, 6) is 1.24. The molecule has 0 bridgehead atoms. The summed E-state index contributed by atoms with van der Waals surface area (Å²) in [6.45, 7) is 2.22. The van der Waals surface area contributed by atoms with Gasteiger partial charge in [0.25, 0.3) is 0 Å². The number of rotatable bonds is 3. The van der Waals surface area contributed by atoms with Crippen LogP contribution in [-0.4, -0.2) is 71.4 Å². The first kappa shape index (κ1) is 17.4. The van der Waals surface area contributed by atoms with Gasteiger partial charge in [0.1, 0.15) is 6.67 Å². The molecule has 2 aliphatic heterocycles. The number of halogens is 3. The van der Waals surface area contributed by atoms with Crippen molar-refractivity contribution in [1.82, 2.24) is 14.7 Å². The van der Waals surface area contributed by atoms with Crippen molar-refractivity contribution in [1.29, 1.82) is 0 Å². The lowest BCUT2D eigenvalue weighted by Gasteiger charge is -2.39. The summed E-state index contributed by atoms with van der Waals surface area (Å²) in [5, 5.41) is 9.74. The van der Waals surface area contributed by atoms with E-state index in [4.69, 9.17) is 0 Å². The minimum atomic E-state index is -4.51. The molecule has 0 aromatic heterocycles. The maximum atomic E-state index is 12.8. The molecule has 1 fully saturated rings. The standard InChI is InChI=1S/C16H25F3N4O/c1-21-10-20-14-13(21)9-23(11-22(14)2)8-5-12-3-6-15(24,7-4-12)16(17,18)19/h9,12,24H,3-8,10-11H2,1-2H3. The zero-order chi connectivity index (χ0) is 17.5. The average Bonchev–Trinajstić information content (AvgIpc) is 2.88. The molecule has 3 aliphatic rings. The van der Waals surface area contributed by atoms with E-state index in [9.17, 15) is 18.3 Å². The number of fused-ring (bicyclic) bond motifs is 1. The van der Waals surface area contributed by atoms with Gasteiger partial charge >= 0.3 is 6.18 Å². The molecule has 0 aromatic rings. The lowest BCUT2D eigenvalue weighted by molar-refractivity contribution is -0.272. The summed E-state index contributed by atoms with van der Waals surface area (Å²) in [5.41, 5.74) is -1.38. The van der Waals surface area contributed by atoms with Gasteiger partial charge in [-0.15, -0.1) is 0 Å². The second-order valence-electron chi connectivity index (χ2n) is 7.25. The number of aliphatic hydroxyl groups is 1. The van der Waals surface area contributed by atoms with Crippen LogP contribution in [0.5, 0.6) is 0 Å². The molecule has 0 amide bonds. The van der Waals surface area contributed by atoms with Gasteiger partial charge in [0, 0.05) is 26.8 Å². The van der Waals surface area contributed by atoms with Crippen LogP contribution in [0.15, 0.2) is 16.9 Å². The summed E-state index contributed by atoms with van der Waals surface area (Å²) >= 11 is 0. The quantitative estimate of drug-likeness (QED) is 0.851. The largest absolute Gasteiger partial charge is 0.417 e. The van der Waals surface area contributed by atoms with Crippen LogP contribution in [-0.2, 0) is 0 Å². The second-order valence-corrected chi connectivity index (χ2v) is 7.25. The van der Waals surface area contributed by atoms with Crippen LogP contribution in [0.3, 0.4) is 0 Å². The fourth-order valence-corrected chi connectivity index (χ4v) is 3.74. The number of amidine groups is 1. The lowest BCUT2D eigenvalue weighted by Crippen LogP contribution is -2.48. The maximum Gasteiger partial charge on any atom is 0.417 e. The van der Waals surface area contributed by atoms with Gasteiger partial charge in [-0.05, 0) is 38.0 Å². The average molecular weight is 346 g/mol. The van der Waals surface area contributed by atoms with Crippen LogP contribution in [0, 0.1) is 5.92 Å². The molecule has 0 saturated heterocycles. The van der Waals surface area contributed by atoms with Crippen molar-refractivity contribution in [3.8, 4) is 0 Å². The van der Waals surface area contributed by atoms with Gasteiger partial charge in [-0.25, -0.2) is 4.99 Å². The second kappa shape index (κ2) is 6.13. The van der Waals surface area contributed by atoms with E-state index in [0.29, 0.717) is 19.5 Å². The summed E-state index contributed by atoms with van der Waals surface area (Å²) < 4.78 is 38.5. The molecule has 5 nitrogen and oxygen atoms in total. The number of hydrogen-bond acceptors (Lipinski definition) is 5. The van der Waals surface area contributed by atoms with Crippen molar-refractivity contribution < 1.29 is 18.3 Å². The highest BCUT2D eigenvalue weighted by Gasteiger charge is 2.54. The van der Waals surface area contributed by atoms with Crippen molar-refractivity contribution >= 4 is 5.84 Å². The third kappa shape index (κ3) is 3.20. The molecule has 0 unspecified atom stereocenters. The minimum absolute atomic E-state index is 0.179. The predicted molar refractivity (Wildman–Crippen MR) is 85.1 cm³/mol. The monoisotopic (exact) mass is 346 g/mol. The fourth-order valence-electron chi connectivity index (χ4n) is 3.74. The van der Waals surface area contributed by atoms with Crippen molar-refractivity contribution in [2.24, 2.45) is 10.9 Å². The van der Waals surface area contributed by atoms with Gasteiger partial charge in [-0.1, -0.05) is 0 Å². The molecule has 1 N–H and O–H groups in total. The highest BCUT2D eigenvalue weighted by Crippen LogP contribution is 2.43. The van der Waals surface area contributed by atoms with Gasteiger partial charge in [0.15, 0.2) is 11.4 Å². The van der Waals surface area contributed by atoms with Gasteiger partial charge in [0.05, 0.1) is 12.4 Å². The molecule has 1 aliphatic carbocycles. The van der Waals surface area contributed by atoms with Gasteiger partial charge in [-0.2, -0.15) is 13.2 Å². The molecule has 136 valence electrons. The van der Waals surface area contributed by atoms with E-state index in [1.807, 2.05) is 14.1 Å². The molecular weight excluding hydrogens is 321 g/mol. The Morgan fingerprint density at radius 1 is 1.25 bits per heavy atom. The summed E-state index contributed by atoms with van der Waals surface area (Å²) in [6.07, 6.45) is -1.06. The SMILES string of the molecule is CN1CN=C2C1=CN(CCC1CCC(O)(C(F)(F)F)CC1)CN2C. The van der Waals surface area contributed by atoms with Crippen molar-refractivity contribution in [3.63, 3.8) is 0 Å². The molecule has 0 aromatic carbocycles. The highest BCUT2D eigenvalue weighted by molar-refractivity contribution is 5.99. The number of nitrogens with zero attached hydrogens (tertiary/aromatic N) is 4. The highest BCUT2D eigenvalue weighted by atomic mass is 19.4. The normalized spacial score (nSPS) is 31.1. The third-order valence-corrected chi connectivity index (χ3v) is 5.42. The number of aliphatic imine (C=N–C) groups is 1. The molecule has 2 heterocycles.